The smallest absolute Gasteiger partial charge is 0.302 e. The molecule has 15 heavy (non-hydrogen) atoms. The number of hydrogen-bond donors (Lipinski definition) is 0. The molecule has 0 aromatic carbocycles. The van der Waals surface area contributed by atoms with Gasteiger partial charge in [0.1, 0.15) is 13.2 Å². The minimum absolute atomic E-state index is 0.0607. The third-order valence-corrected chi connectivity index (χ3v) is 2.14. The number of ether oxygens (including phenoxy) is 3. The summed E-state index contributed by atoms with van der Waals surface area (Å²) >= 11 is 0. The molecule has 0 spiro atoms. The van der Waals surface area contributed by atoms with Crippen LogP contribution in [0.2, 0.25) is 0 Å². The molecular formula is C10H16O5. The van der Waals surface area contributed by atoms with Crippen LogP contribution in [-0.2, 0) is 23.8 Å². The Balaban J connectivity index is 2.15. The quantitative estimate of drug-likeness (QED) is 0.646. The van der Waals surface area contributed by atoms with Gasteiger partial charge in [0.15, 0.2) is 0 Å². The molecule has 2 atom stereocenters. The average molecular weight is 216 g/mol. The Morgan fingerprint density at radius 2 is 1.47 bits per heavy atom. The molecule has 0 bridgehead atoms. The van der Waals surface area contributed by atoms with Crippen LogP contribution in [0.3, 0.4) is 0 Å². The molecule has 0 radical (unpaired) electrons. The lowest BCUT2D eigenvalue weighted by molar-refractivity contribution is -0.148. The van der Waals surface area contributed by atoms with Crippen molar-refractivity contribution >= 4 is 11.9 Å². The number of hydrogen-bond acceptors (Lipinski definition) is 5. The van der Waals surface area contributed by atoms with Crippen molar-refractivity contribution in [1.29, 1.82) is 0 Å². The van der Waals surface area contributed by atoms with Crippen LogP contribution in [0.15, 0.2) is 0 Å². The molecule has 1 rings (SSSR count). The zero-order valence-electron chi connectivity index (χ0n) is 9.02. The molecule has 0 N–H and O–H groups in total. The molecule has 1 heterocycles. The Kier molecular flexibility index (Phi) is 4.55. The summed E-state index contributed by atoms with van der Waals surface area (Å²) in [5, 5.41) is 0. The van der Waals surface area contributed by atoms with E-state index in [2.05, 4.69) is 0 Å². The van der Waals surface area contributed by atoms with E-state index in [0.29, 0.717) is 0 Å². The third-order valence-electron chi connectivity index (χ3n) is 2.14. The largest absolute Gasteiger partial charge is 0.463 e. The highest BCUT2D eigenvalue weighted by atomic mass is 16.6. The summed E-state index contributed by atoms with van der Waals surface area (Å²) in [6.07, 6.45) is 1.54. The molecular weight excluding hydrogens is 200 g/mol. The standard InChI is InChI=1S/C10H16O5/c1-7(11)13-5-9-3-4-10(15-9)6-14-8(2)12/h9-10H,3-6H2,1-2H3/t9-,10+. The molecule has 1 saturated heterocycles. The predicted octanol–water partition coefficient (Wildman–Crippen LogP) is 0.660. The highest BCUT2D eigenvalue weighted by molar-refractivity contribution is 5.66. The Labute approximate surface area is 88.7 Å². The Morgan fingerprint density at radius 1 is 1.07 bits per heavy atom. The fraction of sp³-hybridized carbons (Fsp3) is 0.800. The summed E-state index contributed by atoms with van der Waals surface area (Å²) in [6, 6.07) is 0. The number of carbonyl (C=O) groups is 2. The van der Waals surface area contributed by atoms with Crippen molar-refractivity contribution in [1.82, 2.24) is 0 Å². The van der Waals surface area contributed by atoms with Crippen LogP contribution in [-0.4, -0.2) is 37.4 Å². The van der Waals surface area contributed by atoms with Gasteiger partial charge in [-0.2, -0.15) is 0 Å². The second kappa shape index (κ2) is 5.70. The summed E-state index contributed by atoms with van der Waals surface area (Å²) in [4.78, 5) is 21.1. The van der Waals surface area contributed by atoms with Crippen molar-refractivity contribution < 1.29 is 23.8 Å². The predicted molar refractivity (Wildman–Crippen MR) is 51.2 cm³/mol. The van der Waals surface area contributed by atoms with Gasteiger partial charge >= 0.3 is 11.9 Å². The van der Waals surface area contributed by atoms with E-state index < -0.39 is 0 Å². The van der Waals surface area contributed by atoms with Gasteiger partial charge in [0.25, 0.3) is 0 Å². The summed E-state index contributed by atoms with van der Waals surface area (Å²) in [7, 11) is 0. The normalized spacial score (nSPS) is 24.9. The van der Waals surface area contributed by atoms with Crippen molar-refractivity contribution in [3.8, 4) is 0 Å². The van der Waals surface area contributed by atoms with E-state index in [1.165, 1.54) is 13.8 Å². The van der Waals surface area contributed by atoms with Gasteiger partial charge in [-0.3, -0.25) is 9.59 Å². The molecule has 0 unspecified atom stereocenters. The number of carbonyl (C=O) groups excluding carboxylic acids is 2. The van der Waals surface area contributed by atoms with Crippen LogP contribution in [0.25, 0.3) is 0 Å². The maximum absolute atomic E-state index is 10.5. The number of esters is 2. The zero-order valence-corrected chi connectivity index (χ0v) is 9.02. The van der Waals surface area contributed by atoms with Gasteiger partial charge in [-0.1, -0.05) is 0 Å². The minimum Gasteiger partial charge on any atom is -0.463 e. The molecule has 0 aliphatic carbocycles. The van der Waals surface area contributed by atoms with Crippen LogP contribution in [0, 0.1) is 0 Å². The molecule has 5 nitrogen and oxygen atoms in total. The molecule has 1 fully saturated rings. The van der Waals surface area contributed by atoms with E-state index in [1.807, 2.05) is 0 Å². The van der Waals surface area contributed by atoms with Crippen LogP contribution in [0.5, 0.6) is 0 Å². The molecule has 1 aliphatic heterocycles. The SMILES string of the molecule is CC(=O)OC[C@H]1CC[C@@H](COC(C)=O)O1. The van der Waals surface area contributed by atoms with Gasteiger partial charge in [0, 0.05) is 13.8 Å². The van der Waals surface area contributed by atoms with Gasteiger partial charge in [0.2, 0.25) is 0 Å². The molecule has 86 valence electrons. The van der Waals surface area contributed by atoms with Gasteiger partial charge in [0.05, 0.1) is 12.2 Å². The topological polar surface area (TPSA) is 61.8 Å². The fourth-order valence-electron chi connectivity index (χ4n) is 1.45. The summed E-state index contributed by atoms with van der Waals surface area (Å²) in [6.45, 7) is 3.30. The summed E-state index contributed by atoms with van der Waals surface area (Å²) in [5.41, 5.74) is 0. The molecule has 5 heteroatoms. The zero-order chi connectivity index (χ0) is 11.3. The first-order valence-electron chi connectivity index (χ1n) is 5.00. The van der Waals surface area contributed by atoms with E-state index in [-0.39, 0.29) is 37.4 Å². The second-order valence-corrected chi connectivity index (χ2v) is 3.56. The summed E-state index contributed by atoms with van der Waals surface area (Å²) < 4.78 is 15.2. The van der Waals surface area contributed by atoms with E-state index >= 15 is 0 Å². The molecule has 0 aromatic heterocycles. The highest BCUT2D eigenvalue weighted by Crippen LogP contribution is 2.20. The highest BCUT2D eigenvalue weighted by Gasteiger charge is 2.26. The molecule has 1 aliphatic rings. The van der Waals surface area contributed by atoms with E-state index in [1.54, 1.807) is 0 Å². The lowest BCUT2D eigenvalue weighted by Gasteiger charge is -2.13. The van der Waals surface area contributed by atoms with Crippen LogP contribution < -0.4 is 0 Å². The van der Waals surface area contributed by atoms with Crippen LogP contribution in [0.1, 0.15) is 26.7 Å². The third kappa shape index (κ3) is 4.78. The molecule has 0 amide bonds. The van der Waals surface area contributed by atoms with Crippen molar-refractivity contribution in [3.05, 3.63) is 0 Å². The first-order valence-corrected chi connectivity index (χ1v) is 5.00. The Hall–Kier alpha value is -1.10. The van der Waals surface area contributed by atoms with Gasteiger partial charge in [-0.15, -0.1) is 0 Å². The molecule has 0 saturated carbocycles. The second-order valence-electron chi connectivity index (χ2n) is 3.56. The Bertz CT molecular complexity index is 214. The monoisotopic (exact) mass is 216 g/mol. The van der Waals surface area contributed by atoms with Crippen molar-refractivity contribution in [3.63, 3.8) is 0 Å². The van der Waals surface area contributed by atoms with Crippen LogP contribution >= 0.6 is 0 Å². The average Bonchev–Trinajstić information content (AvgIpc) is 2.59. The number of rotatable bonds is 4. The van der Waals surface area contributed by atoms with Crippen LogP contribution in [0.4, 0.5) is 0 Å². The van der Waals surface area contributed by atoms with E-state index in [9.17, 15) is 9.59 Å². The maximum atomic E-state index is 10.5. The lowest BCUT2D eigenvalue weighted by Crippen LogP contribution is -2.22. The molecule has 0 aromatic rings. The van der Waals surface area contributed by atoms with Crippen molar-refractivity contribution in [2.45, 2.75) is 38.9 Å². The maximum Gasteiger partial charge on any atom is 0.302 e. The van der Waals surface area contributed by atoms with Gasteiger partial charge < -0.3 is 14.2 Å². The lowest BCUT2D eigenvalue weighted by atomic mass is 10.2. The first kappa shape index (κ1) is 12.0. The Morgan fingerprint density at radius 3 is 1.80 bits per heavy atom. The van der Waals surface area contributed by atoms with E-state index in [0.717, 1.165) is 12.8 Å². The van der Waals surface area contributed by atoms with Gasteiger partial charge in [-0.25, -0.2) is 0 Å². The van der Waals surface area contributed by atoms with Gasteiger partial charge in [-0.05, 0) is 12.8 Å². The summed E-state index contributed by atoms with van der Waals surface area (Å²) in [5.74, 6) is -0.607. The van der Waals surface area contributed by atoms with E-state index in [4.69, 9.17) is 14.2 Å². The minimum atomic E-state index is -0.304. The van der Waals surface area contributed by atoms with Crippen molar-refractivity contribution in [2.75, 3.05) is 13.2 Å². The fourth-order valence-corrected chi connectivity index (χ4v) is 1.45. The first-order chi connectivity index (χ1) is 7.08. The van der Waals surface area contributed by atoms with Crippen molar-refractivity contribution in [2.24, 2.45) is 0 Å².